The van der Waals surface area contributed by atoms with Crippen molar-refractivity contribution in [3.05, 3.63) is 78.1 Å². The van der Waals surface area contributed by atoms with Gasteiger partial charge in [-0.15, -0.1) is 0 Å². The zero-order valence-corrected chi connectivity index (χ0v) is 13.2. The third kappa shape index (κ3) is 3.02. The minimum Gasteiger partial charge on any atom is -0.436 e. The summed E-state index contributed by atoms with van der Waals surface area (Å²) in [5, 5.41) is 2.56. The molecule has 0 atom stereocenters. The second-order valence-corrected chi connectivity index (χ2v) is 5.52. The summed E-state index contributed by atoms with van der Waals surface area (Å²) in [6.45, 7) is 0. The van der Waals surface area contributed by atoms with Crippen LogP contribution in [0.1, 0.15) is 10.4 Å². The van der Waals surface area contributed by atoms with E-state index in [-0.39, 0.29) is 5.56 Å². The standard InChI is InChI=1S/C19H11F2N3O2/c20-12-1-3-14(15(21)9-12)18(25)23-13-2-4-16-17(10-13)26-19(24-16)11-5-7-22-8-6-11/h1-10H,(H,23,25). The van der Waals surface area contributed by atoms with Crippen LogP contribution in [0.2, 0.25) is 0 Å². The van der Waals surface area contributed by atoms with E-state index in [9.17, 15) is 13.6 Å². The Morgan fingerprint density at radius 2 is 1.81 bits per heavy atom. The number of benzene rings is 2. The Kier molecular flexibility index (Phi) is 3.89. The molecule has 128 valence electrons. The number of nitrogens with one attached hydrogen (secondary N) is 1. The van der Waals surface area contributed by atoms with Crippen LogP contribution in [0, 0.1) is 11.6 Å². The first-order valence-electron chi connectivity index (χ1n) is 7.67. The van der Waals surface area contributed by atoms with Crippen LogP contribution in [-0.4, -0.2) is 15.9 Å². The highest BCUT2D eigenvalue weighted by molar-refractivity contribution is 6.05. The molecule has 0 spiro atoms. The average Bonchev–Trinajstić information content (AvgIpc) is 3.05. The number of carbonyl (C=O) groups excluding carboxylic acids is 1. The van der Waals surface area contributed by atoms with Crippen molar-refractivity contribution < 1.29 is 18.0 Å². The summed E-state index contributed by atoms with van der Waals surface area (Å²) >= 11 is 0. The Labute approximate surface area is 146 Å². The molecule has 0 aliphatic heterocycles. The van der Waals surface area contributed by atoms with Gasteiger partial charge in [-0.2, -0.15) is 0 Å². The van der Waals surface area contributed by atoms with Crippen molar-refractivity contribution in [2.45, 2.75) is 0 Å². The Hall–Kier alpha value is -3.61. The fraction of sp³-hybridized carbons (Fsp3) is 0. The summed E-state index contributed by atoms with van der Waals surface area (Å²) < 4.78 is 32.4. The van der Waals surface area contributed by atoms with Crippen LogP contribution >= 0.6 is 0 Å². The number of amides is 1. The molecule has 0 fully saturated rings. The number of oxazole rings is 1. The second-order valence-electron chi connectivity index (χ2n) is 5.52. The van der Waals surface area contributed by atoms with Gasteiger partial charge >= 0.3 is 0 Å². The van der Waals surface area contributed by atoms with Gasteiger partial charge in [-0.3, -0.25) is 9.78 Å². The van der Waals surface area contributed by atoms with Gasteiger partial charge in [0, 0.05) is 35.8 Å². The van der Waals surface area contributed by atoms with Gasteiger partial charge in [0.25, 0.3) is 5.91 Å². The fourth-order valence-electron chi connectivity index (χ4n) is 2.49. The van der Waals surface area contributed by atoms with E-state index in [4.69, 9.17) is 4.42 Å². The molecule has 0 saturated heterocycles. The molecule has 0 aliphatic rings. The van der Waals surface area contributed by atoms with Crippen molar-refractivity contribution in [1.29, 1.82) is 0 Å². The monoisotopic (exact) mass is 351 g/mol. The summed E-state index contributed by atoms with van der Waals surface area (Å²) in [6.07, 6.45) is 3.26. The molecule has 0 saturated carbocycles. The Balaban J connectivity index is 1.62. The van der Waals surface area contributed by atoms with Crippen molar-refractivity contribution in [3.63, 3.8) is 0 Å². The van der Waals surface area contributed by atoms with Gasteiger partial charge in [0.2, 0.25) is 5.89 Å². The van der Waals surface area contributed by atoms with Crippen LogP contribution < -0.4 is 5.32 Å². The van der Waals surface area contributed by atoms with E-state index >= 15 is 0 Å². The number of carbonyl (C=O) groups is 1. The molecule has 0 unspecified atom stereocenters. The van der Waals surface area contributed by atoms with Gasteiger partial charge in [0.05, 0.1) is 5.56 Å². The van der Waals surface area contributed by atoms with Crippen LogP contribution in [0.5, 0.6) is 0 Å². The number of fused-ring (bicyclic) bond motifs is 1. The van der Waals surface area contributed by atoms with Gasteiger partial charge < -0.3 is 9.73 Å². The molecule has 2 aromatic carbocycles. The van der Waals surface area contributed by atoms with Gasteiger partial charge in [-0.1, -0.05) is 0 Å². The Bertz CT molecular complexity index is 1110. The molecule has 26 heavy (non-hydrogen) atoms. The zero-order valence-electron chi connectivity index (χ0n) is 13.2. The number of nitrogens with zero attached hydrogens (tertiary/aromatic N) is 2. The maximum Gasteiger partial charge on any atom is 0.258 e. The van der Waals surface area contributed by atoms with E-state index in [0.717, 1.165) is 17.7 Å². The maximum atomic E-state index is 13.7. The number of halogens is 2. The SMILES string of the molecule is O=C(Nc1ccc2nc(-c3ccncc3)oc2c1)c1ccc(F)cc1F. The van der Waals surface area contributed by atoms with Crippen LogP contribution in [-0.2, 0) is 0 Å². The lowest BCUT2D eigenvalue weighted by Gasteiger charge is -2.06. The Morgan fingerprint density at radius 1 is 1.00 bits per heavy atom. The molecular weight excluding hydrogens is 340 g/mol. The molecule has 0 radical (unpaired) electrons. The predicted molar refractivity (Wildman–Crippen MR) is 91.6 cm³/mol. The molecule has 1 amide bonds. The van der Waals surface area contributed by atoms with Crippen molar-refractivity contribution in [1.82, 2.24) is 9.97 Å². The van der Waals surface area contributed by atoms with E-state index in [1.165, 1.54) is 0 Å². The number of aromatic nitrogens is 2. The molecule has 0 aliphatic carbocycles. The van der Waals surface area contributed by atoms with Crippen molar-refractivity contribution >= 4 is 22.7 Å². The molecule has 7 heteroatoms. The highest BCUT2D eigenvalue weighted by Gasteiger charge is 2.14. The van der Waals surface area contributed by atoms with Crippen molar-refractivity contribution in [2.75, 3.05) is 5.32 Å². The summed E-state index contributed by atoms with van der Waals surface area (Å²) in [5.41, 5.74) is 2.01. The smallest absolute Gasteiger partial charge is 0.258 e. The lowest BCUT2D eigenvalue weighted by Crippen LogP contribution is -2.13. The number of hydrogen-bond donors (Lipinski definition) is 1. The first kappa shape index (κ1) is 15.9. The van der Waals surface area contributed by atoms with Gasteiger partial charge in [0.1, 0.15) is 17.2 Å². The van der Waals surface area contributed by atoms with E-state index in [1.807, 2.05) is 0 Å². The van der Waals surface area contributed by atoms with Crippen LogP contribution in [0.15, 0.2) is 65.3 Å². The van der Waals surface area contributed by atoms with E-state index in [0.29, 0.717) is 28.7 Å². The minimum atomic E-state index is -0.928. The highest BCUT2D eigenvalue weighted by atomic mass is 19.1. The second kappa shape index (κ2) is 6.36. The van der Waals surface area contributed by atoms with Gasteiger partial charge in [-0.05, 0) is 36.4 Å². The lowest BCUT2D eigenvalue weighted by molar-refractivity contribution is 0.102. The minimum absolute atomic E-state index is 0.249. The quantitative estimate of drug-likeness (QED) is 0.593. The summed E-state index contributed by atoms with van der Waals surface area (Å²) in [4.78, 5) is 20.5. The van der Waals surface area contributed by atoms with E-state index < -0.39 is 17.5 Å². The number of rotatable bonds is 3. The molecule has 1 N–H and O–H groups in total. The predicted octanol–water partition coefficient (Wildman–Crippen LogP) is 4.42. The van der Waals surface area contributed by atoms with E-state index in [2.05, 4.69) is 15.3 Å². The topological polar surface area (TPSA) is 68.0 Å². The number of pyridine rings is 1. The largest absolute Gasteiger partial charge is 0.436 e. The zero-order chi connectivity index (χ0) is 18.1. The van der Waals surface area contributed by atoms with Crippen LogP contribution in [0.25, 0.3) is 22.6 Å². The first-order chi connectivity index (χ1) is 12.6. The Morgan fingerprint density at radius 3 is 2.58 bits per heavy atom. The van der Waals surface area contributed by atoms with Crippen LogP contribution in [0.4, 0.5) is 14.5 Å². The third-order valence-electron chi connectivity index (χ3n) is 3.75. The molecule has 2 heterocycles. The van der Waals surface area contributed by atoms with Crippen molar-refractivity contribution in [3.8, 4) is 11.5 Å². The lowest BCUT2D eigenvalue weighted by atomic mass is 10.2. The van der Waals surface area contributed by atoms with Crippen LogP contribution in [0.3, 0.4) is 0 Å². The average molecular weight is 351 g/mol. The van der Waals surface area contributed by atoms with Gasteiger partial charge in [0.15, 0.2) is 5.58 Å². The highest BCUT2D eigenvalue weighted by Crippen LogP contribution is 2.26. The van der Waals surface area contributed by atoms with Gasteiger partial charge in [-0.25, -0.2) is 13.8 Å². The van der Waals surface area contributed by atoms with E-state index in [1.54, 1.807) is 42.7 Å². The molecule has 4 aromatic rings. The molecular formula is C19H11F2N3O2. The van der Waals surface area contributed by atoms with Crippen molar-refractivity contribution in [2.24, 2.45) is 0 Å². The maximum absolute atomic E-state index is 13.7. The third-order valence-corrected chi connectivity index (χ3v) is 3.75. The number of anilines is 1. The summed E-state index contributed by atoms with van der Waals surface area (Å²) in [7, 11) is 0. The summed E-state index contributed by atoms with van der Waals surface area (Å²) in [5.74, 6) is -1.93. The molecule has 4 rings (SSSR count). The number of hydrogen-bond acceptors (Lipinski definition) is 4. The molecule has 0 bridgehead atoms. The fourth-order valence-corrected chi connectivity index (χ4v) is 2.49. The molecule has 5 nitrogen and oxygen atoms in total. The molecule has 2 aromatic heterocycles. The first-order valence-corrected chi connectivity index (χ1v) is 7.67. The normalized spacial score (nSPS) is 10.8. The summed E-state index contributed by atoms with van der Waals surface area (Å²) in [6, 6.07) is 11.2.